The molecule has 0 fully saturated rings. The fraction of sp³-hybridized carbons (Fsp3) is 0. The van der Waals surface area contributed by atoms with Crippen molar-refractivity contribution in [3.05, 3.63) is 79.8 Å². The Balaban J connectivity index is -0.00000000443. The summed E-state index contributed by atoms with van der Waals surface area (Å²) in [4.78, 5) is 0. The summed E-state index contributed by atoms with van der Waals surface area (Å²) in [7, 11) is 0. The summed E-state index contributed by atoms with van der Waals surface area (Å²) in [5.41, 5.74) is 0. The third-order valence-electron chi connectivity index (χ3n) is 0. The largest absolute Gasteiger partial charge is 2.00 e. The van der Waals surface area contributed by atoms with Gasteiger partial charge in [0.15, 0.2) is 0 Å². The third kappa shape index (κ3) is 8780. The second-order valence-corrected chi connectivity index (χ2v) is 0. The molecular weight excluding hydrogens is 907 g/mol. The van der Waals surface area contributed by atoms with Gasteiger partial charge in [-0.1, -0.05) is 0 Å². The van der Waals surface area contributed by atoms with Crippen molar-refractivity contribution in [1.82, 2.24) is 0 Å². The Hall–Kier alpha value is -1.21. The average molecular weight is 907 g/mol. The molecular formula is C12O12Os3+6. The Morgan fingerprint density at radius 1 is 0.148 bits per heavy atom. The van der Waals surface area contributed by atoms with Crippen LogP contribution in [0, 0.1) is 79.8 Å². The van der Waals surface area contributed by atoms with Crippen LogP contribution in [-0.2, 0) is 115 Å². The average Bonchev–Trinajstić information content (AvgIpc) is 2.84. The zero-order valence-electron chi connectivity index (χ0n) is 12.0. The smallest absolute Gasteiger partial charge is 2.00 e. The normalized spacial score (nSPS) is 0.889. The second kappa shape index (κ2) is 9570. The van der Waals surface area contributed by atoms with E-state index in [0.29, 0.717) is 0 Å². The van der Waals surface area contributed by atoms with Gasteiger partial charge in [-0.2, -0.15) is 0 Å². The van der Waals surface area contributed by atoms with Crippen LogP contribution in [0.15, 0.2) is 0 Å². The minimum Gasteiger partial charge on any atom is 2.00 e. The SMILES string of the molecule is [C-]#[O+].[C-]#[O+].[C-]#[O+].[C-]#[O+].[C-]#[O+].[C-]#[O+].[C-]#[O+].[C-]#[O+].[C-]#[O+].[C-]#[O+].[C-]#[O+].[C-]#[O+].[Os+2].[Os+2].[Os+2]. The minimum atomic E-state index is 0. The fourth-order valence-corrected chi connectivity index (χ4v) is 0. The summed E-state index contributed by atoms with van der Waals surface area (Å²) in [6.07, 6.45) is 0. The van der Waals surface area contributed by atoms with Crippen LogP contribution in [0.1, 0.15) is 0 Å². The molecule has 0 bridgehead atoms. The summed E-state index contributed by atoms with van der Waals surface area (Å²) in [5.74, 6) is 0. The number of hydrogen-bond acceptors (Lipinski definition) is 0. The van der Waals surface area contributed by atoms with Crippen LogP contribution in [0.3, 0.4) is 0 Å². The first-order valence-corrected chi connectivity index (χ1v) is 2.45. The van der Waals surface area contributed by atoms with Gasteiger partial charge < -0.3 is 0 Å². The van der Waals surface area contributed by atoms with E-state index < -0.39 is 0 Å². The van der Waals surface area contributed by atoms with Gasteiger partial charge >= 0.3 is 195 Å². The number of hydrogen-bond donors (Lipinski definition) is 0. The summed E-state index contributed by atoms with van der Waals surface area (Å²) < 4.78 is 90.0. The van der Waals surface area contributed by atoms with Gasteiger partial charge in [0.25, 0.3) is 0 Å². The predicted octanol–water partition coefficient (Wildman–Crippen LogP) is -0.458. The molecule has 12 nitrogen and oxygen atoms in total. The molecule has 0 N–H and O–H groups in total. The molecule has 0 spiro atoms. The van der Waals surface area contributed by atoms with Gasteiger partial charge in [-0.3, -0.25) is 0 Å². The maximum atomic E-state index is 7.50. The zero-order valence-corrected chi connectivity index (χ0v) is 19.6. The third-order valence-corrected chi connectivity index (χ3v) is 0. The molecule has 0 aromatic carbocycles. The molecule has 0 aliphatic heterocycles. The standard InChI is InChI=1S/12CO.3Os/c12*1-2;;;/q;;;;;;;;;;;;3*+2. The van der Waals surface area contributed by atoms with E-state index >= 15 is 0 Å². The summed E-state index contributed by atoms with van der Waals surface area (Å²) >= 11 is 0. The van der Waals surface area contributed by atoms with E-state index in [1.807, 2.05) is 0 Å². The molecule has 27 heavy (non-hydrogen) atoms. The quantitative estimate of drug-likeness (QED) is 0.222. The summed E-state index contributed by atoms with van der Waals surface area (Å²) in [5, 5.41) is 0. The molecule has 0 aliphatic rings. The molecule has 0 atom stereocenters. The number of rotatable bonds is 0. The maximum absolute atomic E-state index is 7.50. The Kier molecular flexibility index (Phi) is 48200. The predicted molar refractivity (Wildman–Crippen MR) is 47.2 cm³/mol. The molecule has 0 amide bonds. The second-order valence-electron chi connectivity index (χ2n) is 0. The van der Waals surface area contributed by atoms with Crippen LogP contribution < -0.4 is 0 Å². The molecule has 0 heterocycles. The van der Waals surface area contributed by atoms with Crippen LogP contribution in [0.2, 0.25) is 0 Å². The van der Waals surface area contributed by atoms with Gasteiger partial charge in [0.1, 0.15) is 0 Å². The molecule has 0 saturated carbocycles. The van der Waals surface area contributed by atoms with Crippen molar-refractivity contribution in [2.75, 3.05) is 0 Å². The zero-order chi connectivity index (χ0) is 24.0. The molecule has 0 rings (SSSR count). The van der Waals surface area contributed by atoms with Crippen molar-refractivity contribution in [3.8, 4) is 0 Å². The Morgan fingerprint density at radius 3 is 0.148 bits per heavy atom. The van der Waals surface area contributed by atoms with Crippen molar-refractivity contribution in [2.45, 2.75) is 0 Å². The van der Waals surface area contributed by atoms with E-state index in [1.165, 1.54) is 0 Å². The summed E-state index contributed by atoms with van der Waals surface area (Å²) in [6.45, 7) is 54.0. The molecule has 0 saturated heterocycles. The molecule has 138 valence electrons. The van der Waals surface area contributed by atoms with E-state index in [-0.39, 0.29) is 59.4 Å². The van der Waals surface area contributed by atoms with E-state index in [9.17, 15) is 0 Å². The van der Waals surface area contributed by atoms with Gasteiger partial charge in [-0.25, -0.2) is 0 Å². The first-order valence-electron chi connectivity index (χ1n) is 2.45. The summed E-state index contributed by atoms with van der Waals surface area (Å²) in [6, 6.07) is 0. The van der Waals surface area contributed by atoms with E-state index in [4.69, 9.17) is 55.8 Å². The van der Waals surface area contributed by atoms with Gasteiger partial charge in [0, 0.05) is 0 Å². The topological polar surface area (TPSA) is 239 Å². The van der Waals surface area contributed by atoms with Crippen LogP contribution in [0.25, 0.3) is 0 Å². The Bertz CT molecular complexity index is 224. The monoisotopic (exact) mass is 912 g/mol. The molecule has 0 aromatic heterocycles. The van der Waals surface area contributed by atoms with Gasteiger partial charge in [-0.05, 0) is 0 Å². The maximum Gasteiger partial charge on any atom is 2.00 e. The van der Waals surface area contributed by atoms with Crippen molar-refractivity contribution < 1.29 is 115 Å². The van der Waals surface area contributed by atoms with Crippen molar-refractivity contribution in [3.63, 3.8) is 0 Å². The Labute approximate surface area is 194 Å². The molecule has 15 heteroatoms. The Morgan fingerprint density at radius 2 is 0.148 bits per heavy atom. The van der Waals surface area contributed by atoms with E-state index in [2.05, 4.69) is 79.8 Å². The van der Waals surface area contributed by atoms with Crippen molar-refractivity contribution in [1.29, 1.82) is 0 Å². The van der Waals surface area contributed by atoms with E-state index in [0.717, 1.165) is 0 Å². The van der Waals surface area contributed by atoms with Crippen molar-refractivity contribution in [2.24, 2.45) is 0 Å². The van der Waals surface area contributed by atoms with Gasteiger partial charge in [-0.15, -0.1) is 0 Å². The van der Waals surface area contributed by atoms with Gasteiger partial charge in [0.2, 0.25) is 0 Å². The first-order chi connectivity index (χ1) is 12.0. The molecule has 0 unspecified atom stereocenters. The van der Waals surface area contributed by atoms with Crippen LogP contribution in [0.4, 0.5) is 0 Å². The molecule has 0 aliphatic carbocycles. The fourth-order valence-electron chi connectivity index (χ4n) is 0. The first kappa shape index (κ1) is 136. The molecule has 0 aromatic rings. The van der Waals surface area contributed by atoms with Crippen LogP contribution >= 0.6 is 0 Å². The van der Waals surface area contributed by atoms with Crippen molar-refractivity contribution >= 4 is 0 Å². The van der Waals surface area contributed by atoms with Crippen LogP contribution in [0.5, 0.6) is 0 Å². The molecule has 0 radical (unpaired) electrons. The van der Waals surface area contributed by atoms with Gasteiger partial charge in [0.05, 0.1) is 0 Å². The van der Waals surface area contributed by atoms with Crippen LogP contribution in [-0.4, -0.2) is 0 Å². The van der Waals surface area contributed by atoms with E-state index in [1.54, 1.807) is 0 Å². The minimum absolute atomic E-state index is 0.